The molecule has 0 bridgehead atoms. The lowest BCUT2D eigenvalue weighted by Crippen LogP contribution is -2.29. The van der Waals surface area contributed by atoms with Gasteiger partial charge in [-0.15, -0.1) is 0 Å². The number of urea groups is 1. The Balaban J connectivity index is 1.93. The van der Waals surface area contributed by atoms with Crippen molar-refractivity contribution in [1.82, 2.24) is 4.57 Å². The van der Waals surface area contributed by atoms with Crippen LogP contribution in [0.3, 0.4) is 0 Å². The fraction of sp³-hybridized carbons (Fsp3) is 0.208. The fourth-order valence-corrected chi connectivity index (χ4v) is 3.16. The zero-order valence-corrected chi connectivity index (χ0v) is 18.5. The molecule has 4 N–H and O–H groups in total. The second-order valence-electron chi connectivity index (χ2n) is 7.60. The highest BCUT2D eigenvalue weighted by atomic mass is 16.5. The number of aromatic nitrogens is 1. The number of amides is 2. The first-order chi connectivity index (χ1) is 15.7. The van der Waals surface area contributed by atoms with Gasteiger partial charge in [0.2, 0.25) is 0 Å². The van der Waals surface area contributed by atoms with E-state index in [2.05, 4.69) is 10.6 Å². The molecule has 0 atom stereocenters. The van der Waals surface area contributed by atoms with Gasteiger partial charge in [0.1, 0.15) is 17.9 Å². The number of rotatable bonds is 7. The summed E-state index contributed by atoms with van der Waals surface area (Å²) >= 11 is 0. The second kappa shape index (κ2) is 9.90. The van der Waals surface area contributed by atoms with E-state index < -0.39 is 23.3 Å². The van der Waals surface area contributed by atoms with Crippen molar-refractivity contribution < 1.29 is 24.5 Å². The van der Waals surface area contributed by atoms with Crippen molar-refractivity contribution in [3.63, 3.8) is 0 Å². The van der Waals surface area contributed by atoms with Gasteiger partial charge in [0.15, 0.2) is 5.75 Å². The van der Waals surface area contributed by atoms with Crippen LogP contribution >= 0.6 is 0 Å². The molecule has 0 saturated carbocycles. The van der Waals surface area contributed by atoms with Crippen LogP contribution < -0.4 is 26.0 Å². The number of nitrogens with one attached hydrogen (secondary N) is 2. The summed E-state index contributed by atoms with van der Waals surface area (Å²) in [6, 6.07) is 12.8. The third-order valence-electron chi connectivity index (χ3n) is 5.09. The van der Waals surface area contributed by atoms with Gasteiger partial charge in [-0.3, -0.25) is 4.79 Å². The molecule has 1 heterocycles. The maximum atomic E-state index is 12.8. The topological polar surface area (TPSA) is 135 Å². The number of para-hydroxylation sites is 1. The van der Waals surface area contributed by atoms with Crippen molar-refractivity contribution in [2.45, 2.75) is 26.7 Å². The molecule has 1 aromatic heterocycles. The maximum Gasteiger partial charge on any atom is 0.516 e. The average Bonchev–Trinajstić information content (AvgIpc) is 2.77. The maximum absolute atomic E-state index is 12.8. The molecule has 0 fully saturated rings. The molecule has 0 aliphatic rings. The number of aryl methyl sites for hydroxylation is 3. The zero-order valence-electron chi connectivity index (χ0n) is 18.5. The average molecular weight is 451 g/mol. The van der Waals surface area contributed by atoms with Gasteiger partial charge in [-0.05, 0) is 50.1 Å². The van der Waals surface area contributed by atoms with Gasteiger partial charge in [0.05, 0.1) is 5.69 Å². The van der Waals surface area contributed by atoms with E-state index in [1.165, 1.54) is 17.7 Å². The van der Waals surface area contributed by atoms with E-state index in [9.17, 15) is 19.5 Å². The summed E-state index contributed by atoms with van der Waals surface area (Å²) in [4.78, 5) is 36.4. The first kappa shape index (κ1) is 23.4. The number of hydrogen-bond donors (Lipinski definition) is 2. The molecule has 0 spiro atoms. The summed E-state index contributed by atoms with van der Waals surface area (Å²) in [6.07, 6.45) is 0.148. The van der Waals surface area contributed by atoms with E-state index in [0.717, 1.165) is 5.56 Å². The number of benzene rings is 2. The largest absolute Gasteiger partial charge is 0.871 e. The molecule has 3 aromatic rings. The molecule has 2 aromatic carbocycles. The van der Waals surface area contributed by atoms with Crippen molar-refractivity contribution >= 4 is 23.4 Å². The van der Waals surface area contributed by atoms with Gasteiger partial charge in [-0.25, -0.2) is 4.79 Å². The van der Waals surface area contributed by atoms with Crippen molar-refractivity contribution in [3.05, 3.63) is 75.7 Å². The molecule has 0 radical (unpaired) electrons. The minimum absolute atomic E-state index is 0.0481. The van der Waals surface area contributed by atoms with Crippen molar-refractivity contribution in [3.8, 4) is 17.2 Å². The minimum atomic E-state index is -0.813. The van der Waals surface area contributed by atoms with E-state index >= 15 is 0 Å². The Kier molecular flexibility index (Phi) is 7.02. The molecule has 2 amide bonds. The molecule has 9 heteroatoms. The summed E-state index contributed by atoms with van der Waals surface area (Å²) in [5, 5.41) is 24.4. The summed E-state index contributed by atoms with van der Waals surface area (Å²) in [5.74, 6) is -0.500. The van der Waals surface area contributed by atoms with Crippen molar-refractivity contribution in [2.24, 2.45) is 7.05 Å². The van der Waals surface area contributed by atoms with Crippen LogP contribution in [0.25, 0.3) is 0 Å². The van der Waals surface area contributed by atoms with Crippen molar-refractivity contribution in [1.29, 1.82) is 0 Å². The summed E-state index contributed by atoms with van der Waals surface area (Å²) in [5.41, 5.74) is 1.36. The van der Waals surface area contributed by atoms with Gasteiger partial charge in [-0.1, -0.05) is 35.6 Å². The van der Waals surface area contributed by atoms with Crippen LogP contribution in [0.1, 0.15) is 23.2 Å². The monoisotopic (exact) mass is 451 g/mol. The number of hydrogen-bond acceptors (Lipinski definition) is 5. The smallest absolute Gasteiger partial charge is 0.516 e. The van der Waals surface area contributed by atoms with E-state index in [1.54, 1.807) is 37.3 Å². The lowest BCUT2D eigenvalue weighted by atomic mass is 10.1. The van der Waals surface area contributed by atoms with Gasteiger partial charge in [0, 0.05) is 17.5 Å². The highest BCUT2D eigenvalue weighted by Gasteiger charge is 2.17. The van der Waals surface area contributed by atoms with Crippen LogP contribution in [-0.4, -0.2) is 21.7 Å². The van der Waals surface area contributed by atoms with Crippen LogP contribution in [0.2, 0.25) is 0 Å². The van der Waals surface area contributed by atoms with Gasteiger partial charge in [-0.2, -0.15) is 0 Å². The Bertz CT molecular complexity index is 1250. The SMILES string of the molecule is Cc1ccc(Oc2cccc(CCC(=O)[OH2+])c2NC(=O)Nc2c([O-])cc(C)n(C)c2=O)cc1. The van der Waals surface area contributed by atoms with E-state index in [1.807, 2.05) is 19.1 Å². The van der Waals surface area contributed by atoms with Crippen LogP contribution in [0, 0.1) is 13.8 Å². The Morgan fingerprint density at radius 1 is 1.06 bits per heavy atom. The van der Waals surface area contributed by atoms with Crippen LogP contribution in [0.5, 0.6) is 17.2 Å². The molecule has 172 valence electrons. The molecule has 33 heavy (non-hydrogen) atoms. The normalized spacial score (nSPS) is 10.5. The molecule has 9 nitrogen and oxygen atoms in total. The lowest BCUT2D eigenvalue weighted by Gasteiger charge is -2.19. The summed E-state index contributed by atoms with van der Waals surface area (Å²) < 4.78 is 7.20. The van der Waals surface area contributed by atoms with E-state index in [4.69, 9.17) is 9.84 Å². The lowest BCUT2D eigenvalue weighted by molar-refractivity contribution is -0.267. The number of nitrogens with zero attached hydrogens (tertiary/aromatic N) is 1. The quantitative estimate of drug-likeness (QED) is 0.533. The molecule has 0 aliphatic carbocycles. The standard InChI is InChI=1S/C24H25N3O6/c1-14-7-10-17(11-8-14)33-19-6-4-5-16(9-12-20(29)30)21(19)25-24(32)26-22-18(28)13-15(2)27(3)23(22)31/h4-8,10-11,13,28H,9,12H2,1-3H3,(H,29,30)(H2,25,26,32). The Morgan fingerprint density at radius 2 is 1.73 bits per heavy atom. The van der Waals surface area contributed by atoms with Gasteiger partial charge in [0.25, 0.3) is 5.56 Å². The number of pyridine rings is 1. The third-order valence-corrected chi connectivity index (χ3v) is 5.09. The predicted molar refractivity (Wildman–Crippen MR) is 123 cm³/mol. The summed E-state index contributed by atoms with van der Waals surface area (Å²) in [6.45, 7) is 3.56. The minimum Gasteiger partial charge on any atom is -0.871 e. The first-order valence-electron chi connectivity index (χ1n) is 10.2. The molecular formula is C24H25N3O6. The Labute approximate surface area is 190 Å². The highest BCUT2D eigenvalue weighted by Crippen LogP contribution is 2.33. The molecule has 0 unspecified atom stereocenters. The second-order valence-corrected chi connectivity index (χ2v) is 7.60. The fourth-order valence-electron chi connectivity index (χ4n) is 3.16. The predicted octanol–water partition coefficient (Wildman–Crippen LogP) is 2.70. The number of ether oxygens (including phenoxy) is 1. The Hall–Kier alpha value is -4.27. The molecule has 0 aliphatic heterocycles. The van der Waals surface area contributed by atoms with E-state index in [0.29, 0.717) is 22.8 Å². The number of anilines is 2. The van der Waals surface area contributed by atoms with E-state index in [-0.39, 0.29) is 24.2 Å². The molecular weight excluding hydrogens is 426 g/mol. The van der Waals surface area contributed by atoms with Crippen molar-refractivity contribution in [2.75, 3.05) is 10.6 Å². The first-order valence-corrected chi connectivity index (χ1v) is 10.2. The van der Waals surface area contributed by atoms with Crippen LogP contribution in [0.4, 0.5) is 16.2 Å². The molecule has 0 saturated heterocycles. The summed E-state index contributed by atoms with van der Waals surface area (Å²) in [7, 11) is 1.50. The zero-order chi connectivity index (χ0) is 24.1. The van der Waals surface area contributed by atoms with Gasteiger partial charge < -0.3 is 30.2 Å². The van der Waals surface area contributed by atoms with Crippen LogP contribution in [-0.2, 0) is 18.3 Å². The highest BCUT2D eigenvalue weighted by molar-refractivity contribution is 6.02. The Morgan fingerprint density at radius 3 is 2.39 bits per heavy atom. The van der Waals surface area contributed by atoms with Gasteiger partial charge >= 0.3 is 12.0 Å². The molecule has 3 rings (SSSR count). The number of carbonyl (C=O) groups excluding carboxylic acids is 2. The number of carbonyl (C=O) groups is 2. The van der Waals surface area contributed by atoms with Crippen LogP contribution in [0.15, 0.2) is 53.3 Å². The third kappa shape index (κ3) is 5.70.